The number of hydrogen-bond acceptors (Lipinski definition) is 4. The predicted molar refractivity (Wildman–Crippen MR) is 94.1 cm³/mol. The zero-order valence-corrected chi connectivity index (χ0v) is 14.0. The van der Waals surface area contributed by atoms with Gasteiger partial charge in [0.1, 0.15) is 6.54 Å². The fraction of sp³-hybridized carbons (Fsp3) is 0.353. The minimum absolute atomic E-state index is 0.0247. The number of hydrogen-bond donors (Lipinski definition) is 2. The molecule has 0 radical (unpaired) electrons. The maximum Gasteiger partial charge on any atom is 0.325 e. The second-order valence-electron chi connectivity index (χ2n) is 4.93. The SMILES string of the molecule is C=CCCC(=O)N[C@@H](Cc1ccccc1)C(=S)NCC(=O)OC. The molecule has 23 heavy (non-hydrogen) atoms. The number of nitrogens with one attached hydrogen (secondary N) is 2. The molecule has 1 aromatic rings. The number of benzene rings is 1. The van der Waals surface area contributed by atoms with Gasteiger partial charge in [-0.05, 0) is 18.4 Å². The number of methoxy groups -OCH3 is 1. The van der Waals surface area contributed by atoms with Crippen LogP contribution in [0, 0.1) is 0 Å². The van der Waals surface area contributed by atoms with Gasteiger partial charge in [-0.25, -0.2) is 0 Å². The van der Waals surface area contributed by atoms with Crippen LogP contribution in [-0.2, 0) is 20.7 Å². The highest BCUT2D eigenvalue weighted by atomic mass is 32.1. The van der Waals surface area contributed by atoms with Crippen LogP contribution in [0.2, 0.25) is 0 Å². The minimum Gasteiger partial charge on any atom is -0.468 e. The van der Waals surface area contributed by atoms with Gasteiger partial charge in [0, 0.05) is 6.42 Å². The van der Waals surface area contributed by atoms with E-state index in [4.69, 9.17) is 12.2 Å². The summed E-state index contributed by atoms with van der Waals surface area (Å²) >= 11 is 5.32. The Kier molecular flexibility index (Phi) is 8.60. The van der Waals surface area contributed by atoms with Crippen LogP contribution in [0.15, 0.2) is 43.0 Å². The zero-order valence-electron chi connectivity index (χ0n) is 13.2. The van der Waals surface area contributed by atoms with Crippen molar-refractivity contribution in [1.29, 1.82) is 0 Å². The molecule has 2 N–H and O–H groups in total. The molecule has 0 aliphatic carbocycles. The van der Waals surface area contributed by atoms with Crippen LogP contribution < -0.4 is 10.6 Å². The smallest absolute Gasteiger partial charge is 0.325 e. The number of rotatable bonds is 9. The van der Waals surface area contributed by atoms with Crippen molar-refractivity contribution in [1.82, 2.24) is 10.6 Å². The molecular weight excluding hydrogens is 312 g/mol. The molecule has 6 heteroatoms. The maximum absolute atomic E-state index is 12.0. The van der Waals surface area contributed by atoms with E-state index in [1.165, 1.54) is 7.11 Å². The molecule has 0 aliphatic rings. The summed E-state index contributed by atoms with van der Waals surface area (Å²) in [7, 11) is 1.31. The lowest BCUT2D eigenvalue weighted by molar-refractivity contribution is -0.139. The normalized spacial score (nSPS) is 11.2. The van der Waals surface area contributed by atoms with Gasteiger partial charge in [-0.3, -0.25) is 9.59 Å². The van der Waals surface area contributed by atoms with Crippen molar-refractivity contribution in [3.05, 3.63) is 48.6 Å². The van der Waals surface area contributed by atoms with E-state index < -0.39 is 5.97 Å². The second-order valence-corrected chi connectivity index (χ2v) is 5.37. The van der Waals surface area contributed by atoms with Gasteiger partial charge >= 0.3 is 5.97 Å². The zero-order chi connectivity index (χ0) is 17.1. The Bertz CT molecular complexity index is 546. The highest BCUT2D eigenvalue weighted by Crippen LogP contribution is 2.05. The number of amides is 1. The molecule has 0 aromatic heterocycles. The van der Waals surface area contributed by atoms with E-state index in [1.807, 2.05) is 30.3 Å². The molecule has 0 bridgehead atoms. The van der Waals surface area contributed by atoms with Crippen molar-refractivity contribution >= 4 is 29.1 Å². The molecular formula is C17H22N2O3S. The summed E-state index contributed by atoms with van der Waals surface area (Å²) in [6.07, 6.45) is 3.20. The average molecular weight is 334 g/mol. The van der Waals surface area contributed by atoms with Crippen LogP contribution in [0.1, 0.15) is 18.4 Å². The Morgan fingerprint density at radius 2 is 2.04 bits per heavy atom. The summed E-state index contributed by atoms with van der Waals surface area (Å²) in [6, 6.07) is 9.33. The van der Waals surface area contributed by atoms with Crippen molar-refractivity contribution < 1.29 is 14.3 Å². The van der Waals surface area contributed by atoms with E-state index in [1.54, 1.807) is 6.08 Å². The molecule has 5 nitrogen and oxygen atoms in total. The standard InChI is InChI=1S/C17H22N2O3S/c1-3-4-10-15(20)19-14(11-13-8-6-5-7-9-13)17(23)18-12-16(21)22-2/h3,5-9,14H,1,4,10-12H2,2H3,(H,18,23)(H,19,20)/t14-/m0/s1. The van der Waals surface area contributed by atoms with E-state index in [0.29, 0.717) is 24.3 Å². The van der Waals surface area contributed by atoms with Crippen LogP contribution in [0.25, 0.3) is 0 Å². The van der Waals surface area contributed by atoms with Crippen LogP contribution in [0.4, 0.5) is 0 Å². The van der Waals surface area contributed by atoms with E-state index in [-0.39, 0.29) is 18.5 Å². The van der Waals surface area contributed by atoms with E-state index in [9.17, 15) is 9.59 Å². The lowest BCUT2D eigenvalue weighted by Crippen LogP contribution is -2.48. The topological polar surface area (TPSA) is 67.4 Å². The first-order valence-electron chi connectivity index (χ1n) is 7.35. The molecule has 0 saturated carbocycles. The molecule has 124 valence electrons. The van der Waals surface area contributed by atoms with Gasteiger partial charge in [0.25, 0.3) is 0 Å². The lowest BCUT2D eigenvalue weighted by atomic mass is 10.1. The Labute approximate surface area is 142 Å². The first kappa shape index (κ1) is 18.8. The van der Waals surface area contributed by atoms with Gasteiger partial charge in [0.05, 0.1) is 18.1 Å². The molecule has 0 heterocycles. The van der Waals surface area contributed by atoms with Crippen molar-refractivity contribution in [3.63, 3.8) is 0 Å². The number of esters is 1. The summed E-state index contributed by atoms with van der Waals surface area (Å²) in [5, 5.41) is 5.74. The third-order valence-electron chi connectivity index (χ3n) is 3.14. The summed E-state index contributed by atoms with van der Waals surface area (Å²) in [5.41, 5.74) is 1.05. The monoisotopic (exact) mass is 334 g/mol. The molecule has 0 unspecified atom stereocenters. The maximum atomic E-state index is 12.0. The average Bonchev–Trinajstić information content (AvgIpc) is 2.57. The lowest BCUT2D eigenvalue weighted by Gasteiger charge is -2.21. The van der Waals surface area contributed by atoms with Crippen LogP contribution >= 0.6 is 12.2 Å². The Balaban J connectivity index is 2.70. The summed E-state index contributed by atoms with van der Waals surface area (Å²) < 4.78 is 4.57. The third kappa shape index (κ3) is 7.56. The van der Waals surface area contributed by atoms with Crippen molar-refractivity contribution in [2.24, 2.45) is 0 Å². The number of ether oxygens (including phenoxy) is 1. The fourth-order valence-corrected chi connectivity index (χ4v) is 2.13. The largest absolute Gasteiger partial charge is 0.468 e. The molecule has 1 amide bonds. The Morgan fingerprint density at radius 3 is 2.65 bits per heavy atom. The molecule has 0 aliphatic heterocycles. The number of carbonyl (C=O) groups excluding carboxylic acids is 2. The van der Waals surface area contributed by atoms with Crippen molar-refractivity contribution in [2.75, 3.05) is 13.7 Å². The molecule has 1 aromatic carbocycles. The van der Waals surface area contributed by atoms with E-state index >= 15 is 0 Å². The van der Waals surface area contributed by atoms with Gasteiger partial charge in [-0.2, -0.15) is 0 Å². The van der Waals surface area contributed by atoms with Gasteiger partial charge in [-0.1, -0.05) is 48.6 Å². The van der Waals surface area contributed by atoms with Crippen molar-refractivity contribution in [2.45, 2.75) is 25.3 Å². The van der Waals surface area contributed by atoms with Gasteiger partial charge < -0.3 is 15.4 Å². The Hall–Kier alpha value is -2.21. The number of thiocarbonyl (C=S) groups is 1. The van der Waals surface area contributed by atoms with Crippen LogP contribution in [-0.4, -0.2) is 36.6 Å². The molecule has 0 fully saturated rings. The molecule has 1 atom stereocenters. The number of allylic oxidation sites excluding steroid dienone is 1. The first-order chi connectivity index (χ1) is 11.1. The minimum atomic E-state index is -0.413. The fourth-order valence-electron chi connectivity index (χ4n) is 1.91. The summed E-state index contributed by atoms with van der Waals surface area (Å²) in [6.45, 7) is 3.58. The highest BCUT2D eigenvalue weighted by molar-refractivity contribution is 7.80. The first-order valence-corrected chi connectivity index (χ1v) is 7.76. The van der Waals surface area contributed by atoms with Gasteiger partial charge in [-0.15, -0.1) is 6.58 Å². The van der Waals surface area contributed by atoms with E-state index in [2.05, 4.69) is 21.9 Å². The molecule has 1 rings (SSSR count). The third-order valence-corrected chi connectivity index (χ3v) is 3.57. The van der Waals surface area contributed by atoms with Crippen LogP contribution in [0.5, 0.6) is 0 Å². The second kappa shape index (κ2) is 10.5. The van der Waals surface area contributed by atoms with Gasteiger partial charge in [0.15, 0.2) is 0 Å². The van der Waals surface area contributed by atoms with E-state index in [0.717, 1.165) is 5.56 Å². The molecule has 0 spiro atoms. The summed E-state index contributed by atoms with van der Waals surface area (Å²) in [5.74, 6) is -0.517. The predicted octanol–water partition coefficient (Wildman–Crippen LogP) is 1.77. The quantitative estimate of drug-likeness (QED) is 0.409. The number of carbonyl (C=O) groups is 2. The summed E-state index contributed by atoms with van der Waals surface area (Å²) in [4.78, 5) is 23.6. The Morgan fingerprint density at radius 1 is 1.35 bits per heavy atom. The van der Waals surface area contributed by atoms with Crippen molar-refractivity contribution in [3.8, 4) is 0 Å². The van der Waals surface area contributed by atoms with Crippen LogP contribution in [0.3, 0.4) is 0 Å². The molecule has 0 saturated heterocycles. The van der Waals surface area contributed by atoms with Gasteiger partial charge in [0.2, 0.25) is 5.91 Å². The highest BCUT2D eigenvalue weighted by Gasteiger charge is 2.18.